The van der Waals surface area contributed by atoms with Gasteiger partial charge in [0.1, 0.15) is 0 Å². The molecule has 0 aliphatic carbocycles. The standard InChI is InChI=1S/C17H15ClN2O/c18-14-8-9-15(17-13(14)7-4-10-19-17)20-11-16(21)12-5-2-1-3-6-12/h1-10,16,20-21H,11H2. The van der Waals surface area contributed by atoms with Gasteiger partial charge in [-0.2, -0.15) is 0 Å². The highest BCUT2D eigenvalue weighted by Gasteiger charge is 2.09. The molecule has 106 valence electrons. The van der Waals surface area contributed by atoms with Crippen LogP contribution >= 0.6 is 11.6 Å². The first kappa shape index (κ1) is 13.9. The van der Waals surface area contributed by atoms with Crippen LogP contribution < -0.4 is 5.32 Å². The third-order valence-corrected chi connectivity index (χ3v) is 3.72. The van der Waals surface area contributed by atoms with Crippen molar-refractivity contribution in [1.82, 2.24) is 4.98 Å². The summed E-state index contributed by atoms with van der Waals surface area (Å²) in [7, 11) is 0. The Kier molecular flexibility index (Phi) is 4.04. The van der Waals surface area contributed by atoms with Gasteiger partial charge in [-0.05, 0) is 29.8 Å². The van der Waals surface area contributed by atoms with Crippen molar-refractivity contribution in [3.63, 3.8) is 0 Å². The van der Waals surface area contributed by atoms with E-state index >= 15 is 0 Å². The molecule has 0 saturated heterocycles. The Bertz CT molecular complexity index is 746. The number of fused-ring (bicyclic) bond motifs is 1. The fourth-order valence-electron chi connectivity index (χ4n) is 2.28. The summed E-state index contributed by atoms with van der Waals surface area (Å²) in [6, 6.07) is 17.1. The van der Waals surface area contributed by atoms with Crippen LogP contribution in [0.15, 0.2) is 60.8 Å². The van der Waals surface area contributed by atoms with Crippen LogP contribution in [-0.4, -0.2) is 16.6 Å². The summed E-state index contributed by atoms with van der Waals surface area (Å²) in [4.78, 5) is 4.36. The molecule has 1 heterocycles. The van der Waals surface area contributed by atoms with Crippen molar-refractivity contribution in [2.45, 2.75) is 6.10 Å². The van der Waals surface area contributed by atoms with Crippen molar-refractivity contribution < 1.29 is 5.11 Å². The zero-order chi connectivity index (χ0) is 14.7. The van der Waals surface area contributed by atoms with Gasteiger partial charge in [0.05, 0.1) is 22.3 Å². The number of hydrogen-bond donors (Lipinski definition) is 2. The number of hydrogen-bond acceptors (Lipinski definition) is 3. The predicted octanol–water partition coefficient (Wildman–Crippen LogP) is 4.03. The summed E-state index contributed by atoms with van der Waals surface area (Å²) < 4.78 is 0. The molecule has 0 bridgehead atoms. The Morgan fingerprint density at radius 3 is 2.67 bits per heavy atom. The topological polar surface area (TPSA) is 45.1 Å². The molecule has 0 aliphatic heterocycles. The fraction of sp³-hybridized carbons (Fsp3) is 0.118. The Labute approximate surface area is 128 Å². The van der Waals surface area contributed by atoms with Crippen molar-refractivity contribution in [2.24, 2.45) is 0 Å². The van der Waals surface area contributed by atoms with E-state index in [2.05, 4.69) is 10.3 Å². The first-order valence-corrected chi connectivity index (χ1v) is 7.13. The number of aromatic nitrogens is 1. The SMILES string of the molecule is OC(CNc1ccc(Cl)c2cccnc12)c1ccccc1. The van der Waals surface area contributed by atoms with E-state index in [1.807, 2.05) is 54.6 Å². The maximum absolute atomic E-state index is 10.2. The number of aliphatic hydroxyl groups is 1. The Hall–Kier alpha value is -2.10. The second-order valence-corrected chi connectivity index (χ2v) is 5.21. The molecule has 2 N–H and O–H groups in total. The predicted molar refractivity (Wildman–Crippen MR) is 86.6 cm³/mol. The highest BCUT2D eigenvalue weighted by Crippen LogP contribution is 2.28. The van der Waals surface area contributed by atoms with Crippen molar-refractivity contribution in [3.8, 4) is 0 Å². The summed E-state index contributed by atoms with van der Waals surface area (Å²) in [5, 5.41) is 15.0. The molecule has 0 aliphatic rings. The molecule has 1 atom stereocenters. The van der Waals surface area contributed by atoms with Crippen molar-refractivity contribution in [1.29, 1.82) is 0 Å². The number of nitrogens with zero attached hydrogens (tertiary/aromatic N) is 1. The largest absolute Gasteiger partial charge is 0.387 e. The summed E-state index contributed by atoms with van der Waals surface area (Å²) in [5.74, 6) is 0. The van der Waals surface area contributed by atoms with Gasteiger partial charge in [0.15, 0.2) is 0 Å². The molecule has 2 aromatic carbocycles. The van der Waals surface area contributed by atoms with E-state index in [1.165, 1.54) is 0 Å². The summed E-state index contributed by atoms with van der Waals surface area (Å²) in [6.45, 7) is 0.414. The first-order chi connectivity index (χ1) is 10.3. The smallest absolute Gasteiger partial charge is 0.0962 e. The van der Waals surface area contributed by atoms with Crippen molar-refractivity contribution in [3.05, 3.63) is 71.4 Å². The van der Waals surface area contributed by atoms with Crippen LogP contribution in [-0.2, 0) is 0 Å². The summed E-state index contributed by atoms with van der Waals surface area (Å²) in [5.41, 5.74) is 2.56. The summed E-state index contributed by atoms with van der Waals surface area (Å²) >= 11 is 6.17. The lowest BCUT2D eigenvalue weighted by Crippen LogP contribution is -2.12. The first-order valence-electron chi connectivity index (χ1n) is 6.76. The molecular formula is C17H15ClN2O. The van der Waals surface area contributed by atoms with Gasteiger partial charge >= 0.3 is 0 Å². The third kappa shape index (κ3) is 2.99. The lowest BCUT2D eigenvalue weighted by molar-refractivity contribution is 0.191. The van der Waals surface area contributed by atoms with Crippen molar-refractivity contribution in [2.75, 3.05) is 11.9 Å². The highest BCUT2D eigenvalue weighted by atomic mass is 35.5. The maximum atomic E-state index is 10.2. The van der Waals surface area contributed by atoms with Crippen LogP contribution in [0.2, 0.25) is 5.02 Å². The van der Waals surface area contributed by atoms with E-state index in [1.54, 1.807) is 6.20 Å². The van der Waals surface area contributed by atoms with Gasteiger partial charge in [0.2, 0.25) is 0 Å². The van der Waals surface area contributed by atoms with Gasteiger partial charge in [-0.25, -0.2) is 0 Å². The number of aliphatic hydroxyl groups excluding tert-OH is 1. The van der Waals surface area contributed by atoms with E-state index in [0.717, 1.165) is 22.2 Å². The molecule has 1 aromatic heterocycles. The Morgan fingerprint density at radius 1 is 1.05 bits per heavy atom. The number of halogens is 1. The molecule has 0 saturated carbocycles. The number of pyridine rings is 1. The molecular weight excluding hydrogens is 284 g/mol. The van der Waals surface area contributed by atoms with Crippen LogP contribution in [0.25, 0.3) is 10.9 Å². The van der Waals surface area contributed by atoms with Gasteiger partial charge in [-0.1, -0.05) is 41.9 Å². The number of benzene rings is 2. The van der Waals surface area contributed by atoms with E-state index in [0.29, 0.717) is 11.6 Å². The fourth-order valence-corrected chi connectivity index (χ4v) is 2.50. The monoisotopic (exact) mass is 298 g/mol. The molecule has 3 rings (SSSR count). The average molecular weight is 299 g/mol. The molecule has 0 radical (unpaired) electrons. The molecule has 0 spiro atoms. The molecule has 3 aromatic rings. The number of anilines is 1. The van der Waals surface area contributed by atoms with E-state index in [4.69, 9.17) is 11.6 Å². The van der Waals surface area contributed by atoms with Gasteiger partial charge in [0.25, 0.3) is 0 Å². The van der Waals surface area contributed by atoms with Crippen molar-refractivity contribution >= 4 is 28.2 Å². The van der Waals surface area contributed by atoms with Gasteiger partial charge in [-0.15, -0.1) is 0 Å². The van der Waals surface area contributed by atoms with Gasteiger partial charge < -0.3 is 10.4 Å². The van der Waals surface area contributed by atoms with Crippen LogP contribution in [0.4, 0.5) is 5.69 Å². The number of nitrogens with one attached hydrogen (secondary N) is 1. The number of rotatable bonds is 4. The highest BCUT2D eigenvalue weighted by molar-refractivity contribution is 6.35. The molecule has 0 fully saturated rings. The lowest BCUT2D eigenvalue weighted by atomic mass is 10.1. The molecule has 21 heavy (non-hydrogen) atoms. The minimum Gasteiger partial charge on any atom is -0.387 e. The molecule has 4 heteroatoms. The Balaban J connectivity index is 1.81. The Morgan fingerprint density at radius 2 is 1.86 bits per heavy atom. The lowest BCUT2D eigenvalue weighted by Gasteiger charge is -2.14. The van der Waals surface area contributed by atoms with E-state index in [-0.39, 0.29) is 0 Å². The van der Waals surface area contributed by atoms with Crippen LogP contribution in [0.5, 0.6) is 0 Å². The maximum Gasteiger partial charge on any atom is 0.0962 e. The average Bonchev–Trinajstić information content (AvgIpc) is 2.55. The van der Waals surface area contributed by atoms with E-state index < -0.39 is 6.10 Å². The van der Waals surface area contributed by atoms with Crippen LogP contribution in [0.3, 0.4) is 0 Å². The minimum atomic E-state index is -0.569. The zero-order valence-corrected chi connectivity index (χ0v) is 12.1. The zero-order valence-electron chi connectivity index (χ0n) is 11.3. The van der Waals surface area contributed by atoms with Gasteiger partial charge in [0, 0.05) is 18.1 Å². The van der Waals surface area contributed by atoms with Gasteiger partial charge in [-0.3, -0.25) is 4.98 Å². The summed E-state index contributed by atoms with van der Waals surface area (Å²) in [6.07, 6.45) is 1.16. The second-order valence-electron chi connectivity index (χ2n) is 4.80. The molecule has 3 nitrogen and oxygen atoms in total. The van der Waals surface area contributed by atoms with E-state index in [9.17, 15) is 5.11 Å². The molecule has 1 unspecified atom stereocenters. The molecule has 0 amide bonds. The minimum absolute atomic E-state index is 0.414. The van der Waals surface area contributed by atoms with Crippen LogP contribution in [0.1, 0.15) is 11.7 Å². The van der Waals surface area contributed by atoms with Crippen LogP contribution in [0, 0.1) is 0 Å². The third-order valence-electron chi connectivity index (χ3n) is 3.39. The quantitative estimate of drug-likeness (QED) is 0.764. The second kappa shape index (κ2) is 6.12. The normalized spacial score (nSPS) is 12.3.